The van der Waals surface area contributed by atoms with E-state index in [0.717, 1.165) is 12.1 Å². The number of rotatable bonds is 2. The zero-order chi connectivity index (χ0) is 18.7. The number of hydrogen-bond acceptors (Lipinski definition) is 5. The molecule has 1 aliphatic carbocycles. The molecule has 6 heteroatoms. The summed E-state index contributed by atoms with van der Waals surface area (Å²) in [5.41, 5.74) is 1.32. The van der Waals surface area contributed by atoms with E-state index >= 15 is 0 Å². The van der Waals surface area contributed by atoms with Crippen molar-refractivity contribution in [2.75, 3.05) is 4.90 Å². The molecule has 0 aromatic heterocycles. The van der Waals surface area contributed by atoms with Gasteiger partial charge in [-0.15, -0.1) is 0 Å². The molecule has 1 aromatic carbocycles. The quantitative estimate of drug-likeness (QED) is 0.748. The minimum Gasteiger partial charge on any atom is -0.356 e. The van der Waals surface area contributed by atoms with Gasteiger partial charge in [-0.1, -0.05) is 24.3 Å². The Balaban J connectivity index is 1.58. The average molecular weight is 362 g/mol. The predicted octanol–water partition coefficient (Wildman–Crippen LogP) is 1.62. The molecule has 2 bridgehead atoms. The molecule has 2 fully saturated rings. The number of hydrogen-bond donors (Lipinski definition) is 0. The number of para-hydroxylation sites is 1. The number of fused-ring (bicyclic) bond motifs is 5. The minimum absolute atomic E-state index is 0.0337. The van der Waals surface area contributed by atoms with Crippen LogP contribution in [0.5, 0.6) is 0 Å². The number of ketones is 2. The highest BCUT2D eigenvalue weighted by atomic mass is 16.2. The van der Waals surface area contributed by atoms with Gasteiger partial charge < -0.3 is 4.90 Å². The van der Waals surface area contributed by atoms with Gasteiger partial charge in [-0.3, -0.25) is 19.2 Å². The SMILES string of the molecule is O=C1C=C(N2C3C=CC(=O)C2C2C(=O)N(c4ccccc4)C(=O)C23)CCC1. The number of carbonyl (C=O) groups excluding carboxylic acids is 4. The van der Waals surface area contributed by atoms with Gasteiger partial charge in [-0.2, -0.15) is 0 Å². The summed E-state index contributed by atoms with van der Waals surface area (Å²) in [7, 11) is 0. The second-order valence-electron chi connectivity index (χ2n) is 7.46. The number of carbonyl (C=O) groups is 4. The first-order valence-corrected chi connectivity index (χ1v) is 9.24. The van der Waals surface area contributed by atoms with Gasteiger partial charge in [0.05, 0.1) is 23.6 Å². The minimum atomic E-state index is -0.705. The summed E-state index contributed by atoms with van der Waals surface area (Å²) in [4.78, 5) is 54.1. The number of allylic oxidation sites excluding steroid dienone is 2. The summed E-state index contributed by atoms with van der Waals surface area (Å²) < 4.78 is 0. The zero-order valence-electron chi connectivity index (χ0n) is 14.6. The van der Waals surface area contributed by atoms with Gasteiger partial charge in [-0.25, -0.2) is 4.90 Å². The summed E-state index contributed by atoms with van der Waals surface area (Å²) in [6.45, 7) is 0. The molecular weight excluding hydrogens is 344 g/mol. The van der Waals surface area contributed by atoms with Crippen molar-refractivity contribution in [2.45, 2.75) is 31.3 Å². The van der Waals surface area contributed by atoms with Gasteiger partial charge in [-0.05, 0) is 31.1 Å². The Morgan fingerprint density at radius 1 is 0.889 bits per heavy atom. The number of amides is 2. The van der Waals surface area contributed by atoms with Crippen LogP contribution in [0.4, 0.5) is 5.69 Å². The van der Waals surface area contributed by atoms with E-state index in [1.54, 1.807) is 36.4 Å². The highest BCUT2D eigenvalue weighted by Gasteiger charge is 2.64. The predicted molar refractivity (Wildman–Crippen MR) is 96.4 cm³/mol. The fourth-order valence-corrected chi connectivity index (χ4v) is 4.93. The van der Waals surface area contributed by atoms with Crippen LogP contribution in [-0.4, -0.2) is 40.4 Å². The van der Waals surface area contributed by atoms with Crippen LogP contribution < -0.4 is 4.90 Å². The first kappa shape index (κ1) is 16.2. The molecule has 4 unspecified atom stereocenters. The second-order valence-corrected chi connectivity index (χ2v) is 7.46. The maximum atomic E-state index is 13.2. The lowest BCUT2D eigenvalue weighted by Gasteiger charge is -2.37. The Hall–Kier alpha value is -3.02. The smallest absolute Gasteiger partial charge is 0.240 e. The fraction of sp³-hybridized carbons (Fsp3) is 0.333. The molecule has 0 saturated carbocycles. The lowest BCUT2D eigenvalue weighted by molar-refractivity contribution is -0.128. The van der Waals surface area contributed by atoms with E-state index in [2.05, 4.69) is 0 Å². The standard InChI is InChI=1S/C21H18N2O4/c24-14-8-4-7-13(11-14)22-15-9-10-16(25)19(22)18-17(15)20(26)23(21(18)27)12-5-2-1-3-6-12/h1-3,5-6,9-11,15,17-19H,4,7-8H2. The van der Waals surface area contributed by atoms with Crippen molar-refractivity contribution in [1.29, 1.82) is 0 Å². The van der Waals surface area contributed by atoms with Crippen LogP contribution in [0.2, 0.25) is 0 Å². The summed E-state index contributed by atoms with van der Waals surface area (Å²) >= 11 is 0. The van der Waals surface area contributed by atoms with Crippen molar-refractivity contribution in [1.82, 2.24) is 4.90 Å². The van der Waals surface area contributed by atoms with Crippen molar-refractivity contribution < 1.29 is 19.2 Å². The van der Waals surface area contributed by atoms with Gasteiger partial charge in [0.2, 0.25) is 11.8 Å². The molecule has 2 amide bonds. The van der Waals surface area contributed by atoms with Crippen molar-refractivity contribution >= 4 is 29.1 Å². The number of nitrogens with zero attached hydrogens (tertiary/aromatic N) is 2. The van der Waals surface area contributed by atoms with Crippen LogP contribution in [0.25, 0.3) is 0 Å². The van der Waals surface area contributed by atoms with E-state index in [4.69, 9.17) is 0 Å². The van der Waals surface area contributed by atoms with E-state index in [9.17, 15) is 19.2 Å². The van der Waals surface area contributed by atoms with Gasteiger partial charge >= 0.3 is 0 Å². The van der Waals surface area contributed by atoms with Crippen molar-refractivity contribution in [3.05, 3.63) is 54.3 Å². The fourth-order valence-electron chi connectivity index (χ4n) is 4.93. The van der Waals surface area contributed by atoms with Crippen LogP contribution in [0, 0.1) is 11.8 Å². The molecule has 3 aliphatic heterocycles. The van der Waals surface area contributed by atoms with Gasteiger partial charge in [0.15, 0.2) is 11.6 Å². The summed E-state index contributed by atoms with van der Waals surface area (Å²) in [5.74, 6) is -2.03. The van der Waals surface area contributed by atoms with Crippen molar-refractivity contribution in [3.8, 4) is 0 Å². The second kappa shape index (κ2) is 5.74. The molecule has 4 atom stereocenters. The first-order valence-electron chi connectivity index (χ1n) is 9.24. The molecule has 27 heavy (non-hydrogen) atoms. The Kier molecular flexibility index (Phi) is 3.44. The molecule has 2 saturated heterocycles. The monoisotopic (exact) mass is 362 g/mol. The van der Waals surface area contributed by atoms with E-state index in [-0.39, 0.29) is 29.4 Å². The van der Waals surface area contributed by atoms with Crippen LogP contribution in [0.1, 0.15) is 19.3 Å². The van der Waals surface area contributed by atoms with Gasteiger partial charge in [0, 0.05) is 18.2 Å². The third-order valence-corrected chi connectivity index (χ3v) is 6.01. The Morgan fingerprint density at radius 2 is 1.63 bits per heavy atom. The normalized spacial score (nSPS) is 32.2. The Labute approximate surface area is 156 Å². The number of imide groups is 1. The molecule has 6 nitrogen and oxygen atoms in total. The summed E-state index contributed by atoms with van der Waals surface area (Å²) in [6.07, 6.45) is 6.71. The molecule has 0 N–H and O–H groups in total. The largest absolute Gasteiger partial charge is 0.356 e. The summed E-state index contributed by atoms with van der Waals surface area (Å²) in [6, 6.07) is 7.77. The lowest BCUT2D eigenvalue weighted by atomic mass is 9.90. The van der Waals surface area contributed by atoms with E-state index in [1.807, 2.05) is 11.0 Å². The average Bonchev–Trinajstić information content (AvgIpc) is 3.08. The van der Waals surface area contributed by atoms with E-state index in [0.29, 0.717) is 18.5 Å². The van der Waals surface area contributed by atoms with Crippen molar-refractivity contribution in [3.63, 3.8) is 0 Å². The molecule has 4 aliphatic rings. The highest BCUT2D eigenvalue weighted by molar-refractivity contribution is 6.24. The Morgan fingerprint density at radius 3 is 2.37 bits per heavy atom. The molecule has 0 spiro atoms. The third-order valence-electron chi connectivity index (χ3n) is 6.01. The molecule has 3 heterocycles. The van der Waals surface area contributed by atoms with Gasteiger partial charge in [0.25, 0.3) is 0 Å². The van der Waals surface area contributed by atoms with Crippen LogP contribution in [-0.2, 0) is 19.2 Å². The van der Waals surface area contributed by atoms with E-state index in [1.165, 1.54) is 11.0 Å². The van der Waals surface area contributed by atoms with Crippen LogP contribution >= 0.6 is 0 Å². The third kappa shape index (κ3) is 2.19. The Bertz CT molecular complexity index is 933. The molecule has 1 aromatic rings. The topological polar surface area (TPSA) is 74.8 Å². The maximum absolute atomic E-state index is 13.2. The molecule has 5 rings (SSSR count). The van der Waals surface area contributed by atoms with Crippen molar-refractivity contribution in [2.24, 2.45) is 11.8 Å². The number of benzene rings is 1. The maximum Gasteiger partial charge on any atom is 0.240 e. The summed E-state index contributed by atoms with van der Waals surface area (Å²) in [5, 5.41) is 0. The number of anilines is 1. The first-order chi connectivity index (χ1) is 13.1. The zero-order valence-corrected chi connectivity index (χ0v) is 14.6. The van der Waals surface area contributed by atoms with E-state index < -0.39 is 17.9 Å². The van der Waals surface area contributed by atoms with Gasteiger partial charge in [0.1, 0.15) is 6.04 Å². The highest BCUT2D eigenvalue weighted by Crippen LogP contribution is 2.49. The van der Waals surface area contributed by atoms with Crippen LogP contribution in [0.3, 0.4) is 0 Å². The lowest BCUT2D eigenvalue weighted by Crippen LogP contribution is -2.49. The molecule has 136 valence electrons. The molecular formula is C21H18N2O4. The molecule has 0 radical (unpaired) electrons. The van der Waals surface area contributed by atoms with Crippen LogP contribution in [0.15, 0.2) is 54.3 Å².